The lowest BCUT2D eigenvalue weighted by Gasteiger charge is -2.18. The van der Waals surface area contributed by atoms with Crippen molar-refractivity contribution in [3.05, 3.63) is 71.8 Å². The van der Waals surface area contributed by atoms with Gasteiger partial charge in [-0.25, -0.2) is 0 Å². The van der Waals surface area contributed by atoms with E-state index >= 15 is 0 Å². The highest BCUT2D eigenvalue weighted by Crippen LogP contribution is 2.36. The van der Waals surface area contributed by atoms with Gasteiger partial charge in [0.05, 0.1) is 7.11 Å². The molecule has 0 unspecified atom stereocenters. The van der Waals surface area contributed by atoms with Gasteiger partial charge in [0.2, 0.25) is 0 Å². The van der Waals surface area contributed by atoms with Crippen LogP contribution in [-0.2, 0) is 0 Å². The van der Waals surface area contributed by atoms with E-state index in [0.717, 1.165) is 17.7 Å². The van der Waals surface area contributed by atoms with Gasteiger partial charge in [0.15, 0.2) is 0 Å². The number of allylic oxidation sites excluding steroid dienone is 1. The Kier molecular flexibility index (Phi) is 4.46. The third-order valence-electron chi connectivity index (χ3n) is 3.49. The maximum Gasteiger partial charge on any atom is 0.119 e. The molecular formula is C18H20O2. The summed E-state index contributed by atoms with van der Waals surface area (Å²) in [5.41, 5.74) is 3.26. The Morgan fingerprint density at radius 1 is 1.20 bits per heavy atom. The summed E-state index contributed by atoms with van der Waals surface area (Å²) in [6.07, 6.45) is 2.65. The third-order valence-corrected chi connectivity index (χ3v) is 3.49. The molecule has 0 amide bonds. The normalized spacial score (nSPS) is 11.9. The number of methoxy groups -OCH3 is 1. The minimum atomic E-state index is 0.0863. The Hall–Kier alpha value is -2.22. The maximum atomic E-state index is 10.2. The second-order valence-electron chi connectivity index (χ2n) is 4.91. The molecule has 0 aliphatic carbocycles. The fraction of sp³-hybridized carbons (Fsp3) is 0.222. The molecule has 0 saturated heterocycles. The van der Waals surface area contributed by atoms with Crippen molar-refractivity contribution in [2.75, 3.05) is 7.11 Å². The van der Waals surface area contributed by atoms with Crippen LogP contribution in [0.25, 0.3) is 0 Å². The predicted octanol–water partition coefficient (Wildman–Crippen LogP) is 4.42. The van der Waals surface area contributed by atoms with Crippen molar-refractivity contribution in [3.63, 3.8) is 0 Å². The molecule has 0 radical (unpaired) electrons. The van der Waals surface area contributed by atoms with Crippen molar-refractivity contribution >= 4 is 0 Å². The van der Waals surface area contributed by atoms with E-state index in [-0.39, 0.29) is 5.92 Å². The fourth-order valence-corrected chi connectivity index (χ4v) is 2.35. The molecule has 2 nitrogen and oxygen atoms in total. The Balaban J connectivity index is 2.47. The van der Waals surface area contributed by atoms with E-state index < -0.39 is 0 Å². The molecule has 2 heteroatoms. The van der Waals surface area contributed by atoms with Gasteiger partial charge in [-0.3, -0.25) is 0 Å². The molecule has 0 bridgehead atoms. The summed E-state index contributed by atoms with van der Waals surface area (Å²) < 4.78 is 5.26. The number of aryl methyl sites for hydroxylation is 1. The summed E-state index contributed by atoms with van der Waals surface area (Å²) in [6.45, 7) is 5.89. The SMILES string of the molecule is C=CC[C@@H](c1ccc(C)cc1)c1cc(OC)ccc1O. The van der Waals surface area contributed by atoms with Gasteiger partial charge in [0.1, 0.15) is 11.5 Å². The average molecular weight is 268 g/mol. The molecule has 0 spiro atoms. The largest absolute Gasteiger partial charge is 0.508 e. The third kappa shape index (κ3) is 3.02. The second-order valence-corrected chi connectivity index (χ2v) is 4.91. The standard InChI is InChI=1S/C18H20O2/c1-4-5-16(14-8-6-13(2)7-9-14)17-12-15(20-3)10-11-18(17)19/h4,6-12,16,19H,1,5H2,2-3H3/t16-/m0/s1. The molecule has 1 atom stereocenters. The lowest BCUT2D eigenvalue weighted by molar-refractivity contribution is 0.410. The van der Waals surface area contributed by atoms with Gasteiger partial charge in [0, 0.05) is 11.5 Å². The van der Waals surface area contributed by atoms with Crippen LogP contribution in [0.5, 0.6) is 11.5 Å². The summed E-state index contributed by atoms with van der Waals surface area (Å²) in [5, 5.41) is 10.2. The first kappa shape index (κ1) is 14.2. The van der Waals surface area contributed by atoms with Crippen molar-refractivity contribution in [1.29, 1.82) is 0 Å². The fourth-order valence-electron chi connectivity index (χ4n) is 2.35. The van der Waals surface area contributed by atoms with Gasteiger partial charge >= 0.3 is 0 Å². The van der Waals surface area contributed by atoms with Crippen LogP contribution in [0.15, 0.2) is 55.1 Å². The van der Waals surface area contributed by atoms with E-state index in [0.29, 0.717) is 5.75 Å². The quantitative estimate of drug-likeness (QED) is 0.813. The molecule has 0 saturated carbocycles. The zero-order chi connectivity index (χ0) is 14.5. The van der Waals surface area contributed by atoms with Crippen molar-refractivity contribution in [2.24, 2.45) is 0 Å². The number of phenols is 1. The van der Waals surface area contributed by atoms with E-state index in [2.05, 4.69) is 37.8 Å². The monoisotopic (exact) mass is 268 g/mol. The minimum Gasteiger partial charge on any atom is -0.508 e. The van der Waals surface area contributed by atoms with Crippen molar-refractivity contribution < 1.29 is 9.84 Å². The van der Waals surface area contributed by atoms with Gasteiger partial charge in [-0.1, -0.05) is 35.9 Å². The predicted molar refractivity (Wildman–Crippen MR) is 82.5 cm³/mol. The number of benzene rings is 2. The number of hydrogen-bond donors (Lipinski definition) is 1. The number of phenolic OH excluding ortho intramolecular Hbond substituents is 1. The van der Waals surface area contributed by atoms with Gasteiger partial charge in [-0.15, -0.1) is 6.58 Å². The molecule has 20 heavy (non-hydrogen) atoms. The van der Waals surface area contributed by atoms with E-state index in [4.69, 9.17) is 4.74 Å². The Bertz CT molecular complexity index is 585. The van der Waals surface area contributed by atoms with Crippen LogP contribution < -0.4 is 4.74 Å². The van der Waals surface area contributed by atoms with Crippen LogP contribution in [0.4, 0.5) is 0 Å². The molecule has 2 aromatic carbocycles. The molecule has 0 aliphatic rings. The van der Waals surface area contributed by atoms with Crippen molar-refractivity contribution in [3.8, 4) is 11.5 Å². The lowest BCUT2D eigenvalue weighted by Crippen LogP contribution is -2.01. The molecule has 0 fully saturated rings. The zero-order valence-electron chi connectivity index (χ0n) is 12.0. The molecule has 2 rings (SSSR count). The average Bonchev–Trinajstić information content (AvgIpc) is 2.47. The van der Waals surface area contributed by atoms with Crippen LogP contribution >= 0.6 is 0 Å². The molecule has 1 N–H and O–H groups in total. The van der Waals surface area contributed by atoms with Crippen LogP contribution in [0.3, 0.4) is 0 Å². The number of hydrogen-bond acceptors (Lipinski definition) is 2. The van der Waals surface area contributed by atoms with E-state index in [9.17, 15) is 5.11 Å². The van der Waals surface area contributed by atoms with Crippen LogP contribution in [-0.4, -0.2) is 12.2 Å². The lowest BCUT2D eigenvalue weighted by atomic mass is 9.87. The highest BCUT2D eigenvalue weighted by molar-refractivity contribution is 5.46. The van der Waals surface area contributed by atoms with Gasteiger partial charge < -0.3 is 9.84 Å². The van der Waals surface area contributed by atoms with Crippen LogP contribution in [0.2, 0.25) is 0 Å². The summed E-state index contributed by atoms with van der Waals surface area (Å²) in [7, 11) is 1.63. The number of rotatable bonds is 5. The summed E-state index contributed by atoms with van der Waals surface area (Å²) >= 11 is 0. The number of aromatic hydroxyl groups is 1. The highest BCUT2D eigenvalue weighted by Gasteiger charge is 2.17. The van der Waals surface area contributed by atoms with Gasteiger partial charge in [0.25, 0.3) is 0 Å². The summed E-state index contributed by atoms with van der Waals surface area (Å²) in [4.78, 5) is 0. The van der Waals surface area contributed by atoms with Crippen molar-refractivity contribution in [2.45, 2.75) is 19.3 Å². The van der Waals surface area contributed by atoms with Gasteiger partial charge in [-0.2, -0.15) is 0 Å². The maximum absolute atomic E-state index is 10.2. The Labute approximate surface area is 120 Å². The highest BCUT2D eigenvalue weighted by atomic mass is 16.5. The molecule has 104 valence electrons. The van der Waals surface area contributed by atoms with E-state index in [1.807, 2.05) is 12.1 Å². The minimum absolute atomic E-state index is 0.0863. The molecular weight excluding hydrogens is 248 g/mol. The van der Waals surface area contributed by atoms with Crippen molar-refractivity contribution in [1.82, 2.24) is 0 Å². The van der Waals surface area contributed by atoms with Crippen LogP contribution in [0, 0.1) is 6.92 Å². The topological polar surface area (TPSA) is 29.5 Å². The zero-order valence-corrected chi connectivity index (χ0v) is 12.0. The smallest absolute Gasteiger partial charge is 0.119 e. The molecule has 0 aliphatic heterocycles. The molecule has 0 aromatic heterocycles. The van der Waals surface area contributed by atoms with E-state index in [1.54, 1.807) is 19.2 Å². The first-order chi connectivity index (χ1) is 9.65. The van der Waals surface area contributed by atoms with E-state index in [1.165, 1.54) is 11.1 Å². The summed E-state index contributed by atoms with van der Waals surface area (Å²) in [6, 6.07) is 13.7. The van der Waals surface area contributed by atoms with Gasteiger partial charge in [-0.05, 0) is 37.1 Å². The van der Waals surface area contributed by atoms with Crippen LogP contribution in [0.1, 0.15) is 29.0 Å². The summed E-state index contributed by atoms with van der Waals surface area (Å²) in [5.74, 6) is 1.13. The first-order valence-corrected chi connectivity index (χ1v) is 6.70. The Morgan fingerprint density at radius 3 is 2.50 bits per heavy atom. The molecule has 0 heterocycles. The first-order valence-electron chi connectivity index (χ1n) is 6.70. The Morgan fingerprint density at radius 2 is 1.90 bits per heavy atom. The number of ether oxygens (including phenoxy) is 1. The molecule has 2 aromatic rings. The second kappa shape index (κ2) is 6.29.